The number of aryl methyl sites for hydroxylation is 1. The molecule has 1 N–H and O–H groups in total. The van der Waals surface area contributed by atoms with Gasteiger partial charge in [-0.05, 0) is 25.1 Å². The number of rotatable bonds is 4. The summed E-state index contributed by atoms with van der Waals surface area (Å²) in [6.07, 6.45) is 1.44. The molecule has 0 aliphatic rings. The molecule has 2 aromatic rings. The lowest BCUT2D eigenvalue weighted by Crippen LogP contribution is -2.20. The predicted molar refractivity (Wildman–Crippen MR) is 82.0 cm³/mol. The molecule has 0 atom stereocenters. The number of benzene rings is 1. The first-order valence-corrected chi connectivity index (χ1v) is 6.77. The number of pyridine rings is 1. The van der Waals surface area contributed by atoms with E-state index >= 15 is 0 Å². The first-order valence-electron chi connectivity index (χ1n) is 6.77. The summed E-state index contributed by atoms with van der Waals surface area (Å²) in [7, 11) is 1.56. The van der Waals surface area contributed by atoms with Crippen molar-refractivity contribution in [3.05, 3.63) is 64.1 Å². The van der Waals surface area contributed by atoms with Crippen molar-refractivity contribution >= 4 is 17.6 Å². The van der Waals surface area contributed by atoms with Crippen molar-refractivity contribution in [3.63, 3.8) is 0 Å². The maximum Gasteiger partial charge on any atom is 0.340 e. The number of carbonyl (C=O) groups excluding carboxylic acids is 2. The minimum absolute atomic E-state index is 0.205. The van der Waals surface area contributed by atoms with Crippen LogP contribution in [0.1, 0.15) is 27.6 Å². The molecular formula is C16H16N2O4. The molecule has 0 saturated carbocycles. The van der Waals surface area contributed by atoms with Crippen LogP contribution >= 0.6 is 0 Å². The largest absolute Gasteiger partial charge is 0.462 e. The maximum atomic E-state index is 12.2. The second-order valence-electron chi connectivity index (χ2n) is 4.59. The minimum Gasteiger partial charge on any atom is -0.462 e. The monoisotopic (exact) mass is 300 g/mol. The van der Waals surface area contributed by atoms with E-state index in [4.69, 9.17) is 4.74 Å². The van der Waals surface area contributed by atoms with Crippen LogP contribution in [0.5, 0.6) is 0 Å². The lowest BCUT2D eigenvalue weighted by Gasteiger charge is -2.10. The van der Waals surface area contributed by atoms with E-state index in [0.717, 1.165) is 0 Å². The molecule has 0 aliphatic carbocycles. The minimum atomic E-state index is -0.501. The molecule has 0 spiro atoms. The van der Waals surface area contributed by atoms with Crippen LogP contribution < -0.4 is 10.9 Å². The van der Waals surface area contributed by atoms with E-state index in [-0.39, 0.29) is 17.7 Å². The van der Waals surface area contributed by atoms with Gasteiger partial charge in [0.25, 0.3) is 5.91 Å². The van der Waals surface area contributed by atoms with Gasteiger partial charge in [0.1, 0.15) is 0 Å². The Bertz CT molecular complexity index is 765. The van der Waals surface area contributed by atoms with Gasteiger partial charge in [-0.1, -0.05) is 12.1 Å². The molecule has 0 fully saturated rings. The first kappa shape index (κ1) is 15.5. The number of amides is 1. The van der Waals surface area contributed by atoms with Gasteiger partial charge in [0.2, 0.25) is 5.56 Å². The molecule has 1 amide bonds. The Balaban J connectivity index is 2.26. The molecule has 6 heteroatoms. The molecule has 22 heavy (non-hydrogen) atoms. The summed E-state index contributed by atoms with van der Waals surface area (Å²) in [6, 6.07) is 9.34. The molecule has 0 radical (unpaired) electrons. The molecule has 0 aliphatic heterocycles. The molecule has 0 unspecified atom stereocenters. The summed E-state index contributed by atoms with van der Waals surface area (Å²) in [5, 5.41) is 2.66. The maximum absolute atomic E-state index is 12.2. The summed E-state index contributed by atoms with van der Waals surface area (Å²) in [4.78, 5) is 35.4. The summed E-state index contributed by atoms with van der Waals surface area (Å²) in [5.74, 6) is -0.911. The van der Waals surface area contributed by atoms with Crippen molar-refractivity contribution < 1.29 is 14.3 Å². The fourth-order valence-corrected chi connectivity index (χ4v) is 1.90. The first-order chi connectivity index (χ1) is 10.5. The van der Waals surface area contributed by atoms with Gasteiger partial charge in [-0.25, -0.2) is 4.79 Å². The fraction of sp³-hybridized carbons (Fsp3) is 0.188. The van der Waals surface area contributed by atoms with E-state index in [2.05, 4.69) is 5.32 Å². The third-order valence-electron chi connectivity index (χ3n) is 3.02. The van der Waals surface area contributed by atoms with E-state index in [1.54, 1.807) is 38.2 Å². The molecule has 1 aromatic heterocycles. The SMILES string of the molecule is CCOC(=O)c1ccccc1NC(=O)c1ccc(=O)n(C)c1. The van der Waals surface area contributed by atoms with Crippen LogP contribution in [-0.4, -0.2) is 23.1 Å². The highest BCUT2D eigenvalue weighted by Crippen LogP contribution is 2.17. The third kappa shape index (κ3) is 3.41. The van der Waals surface area contributed by atoms with Crippen molar-refractivity contribution in [2.24, 2.45) is 7.05 Å². The number of nitrogens with zero attached hydrogens (tertiary/aromatic N) is 1. The van der Waals surface area contributed by atoms with Gasteiger partial charge in [0, 0.05) is 19.3 Å². The number of nitrogens with one attached hydrogen (secondary N) is 1. The van der Waals surface area contributed by atoms with E-state index in [9.17, 15) is 14.4 Å². The normalized spacial score (nSPS) is 10.1. The highest BCUT2D eigenvalue weighted by Gasteiger charge is 2.15. The Morgan fingerprint density at radius 1 is 1.18 bits per heavy atom. The molecule has 114 valence electrons. The molecule has 0 saturated heterocycles. The van der Waals surface area contributed by atoms with Crippen LogP contribution in [0.25, 0.3) is 0 Å². The van der Waals surface area contributed by atoms with Crippen molar-refractivity contribution in [2.45, 2.75) is 6.92 Å². The van der Waals surface area contributed by atoms with Gasteiger partial charge < -0.3 is 14.6 Å². The second kappa shape index (κ2) is 6.71. The van der Waals surface area contributed by atoms with E-state index in [0.29, 0.717) is 11.3 Å². The standard InChI is InChI=1S/C16H16N2O4/c1-3-22-16(21)12-6-4-5-7-13(12)17-15(20)11-8-9-14(19)18(2)10-11/h4-10H,3H2,1-2H3,(H,17,20). The summed E-state index contributed by atoms with van der Waals surface area (Å²) in [6.45, 7) is 1.96. The lowest BCUT2D eigenvalue weighted by molar-refractivity contribution is 0.0527. The van der Waals surface area contributed by atoms with Gasteiger partial charge >= 0.3 is 5.97 Å². The molecule has 0 bridgehead atoms. The van der Waals surface area contributed by atoms with E-state index < -0.39 is 11.9 Å². The summed E-state index contributed by atoms with van der Waals surface area (Å²) < 4.78 is 6.27. The molecule has 1 aromatic carbocycles. The highest BCUT2D eigenvalue weighted by molar-refractivity contribution is 6.07. The zero-order valence-electron chi connectivity index (χ0n) is 12.3. The Hall–Kier alpha value is -2.89. The van der Waals surface area contributed by atoms with Gasteiger partial charge in [0.05, 0.1) is 23.4 Å². The van der Waals surface area contributed by atoms with Crippen molar-refractivity contribution in [2.75, 3.05) is 11.9 Å². The molecule has 6 nitrogen and oxygen atoms in total. The summed E-state index contributed by atoms with van der Waals surface area (Å²) in [5.41, 5.74) is 0.756. The van der Waals surface area contributed by atoms with Gasteiger partial charge in [-0.2, -0.15) is 0 Å². The zero-order valence-corrected chi connectivity index (χ0v) is 12.3. The number of hydrogen-bond donors (Lipinski definition) is 1. The van der Waals surface area contributed by atoms with Crippen molar-refractivity contribution in [3.8, 4) is 0 Å². The number of para-hydroxylation sites is 1. The number of carbonyl (C=O) groups is 2. The average molecular weight is 300 g/mol. The summed E-state index contributed by atoms with van der Waals surface area (Å²) >= 11 is 0. The van der Waals surface area contributed by atoms with E-state index in [1.165, 1.54) is 22.9 Å². The Morgan fingerprint density at radius 3 is 2.59 bits per heavy atom. The van der Waals surface area contributed by atoms with Gasteiger partial charge in [-0.3, -0.25) is 9.59 Å². The lowest BCUT2D eigenvalue weighted by atomic mass is 10.1. The smallest absolute Gasteiger partial charge is 0.340 e. The fourth-order valence-electron chi connectivity index (χ4n) is 1.90. The van der Waals surface area contributed by atoms with Crippen molar-refractivity contribution in [1.82, 2.24) is 4.57 Å². The topological polar surface area (TPSA) is 77.4 Å². The van der Waals surface area contributed by atoms with Crippen LogP contribution in [0, 0.1) is 0 Å². The Kier molecular flexibility index (Phi) is 4.73. The number of hydrogen-bond acceptors (Lipinski definition) is 4. The molecular weight excluding hydrogens is 284 g/mol. The number of ether oxygens (including phenoxy) is 1. The van der Waals surface area contributed by atoms with E-state index in [1.807, 2.05) is 0 Å². The molecule has 2 rings (SSSR count). The predicted octanol–water partition coefficient (Wildman–Crippen LogP) is 1.81. The highest BCUT2D eigenvalue weighted by atomic mass is 16.5. The van der Waals surface area contributed by atoms with Crippen LogP contribution in [0.4, 0.5) is 5.69 Å². The van der Waals surface area contributed by atoms with Crippen LogP contribution in [0.2, 0.25) is 0 Å². The van der Waals surface area contributed by atoms with Gasteiger partial charge in [0.15, 0.2) is 0 Å². The number of esters is 1. The Labute approximate surface area is 127 Å². The number of aromatic nitrogens is 1. The van der Waals surface area contributed by atoms with Crippen LogP contribution in [-0.2, 0) is 11.8 Å². The van der Waals surface area contributed by atoms with Crippen LogP contribution in [0.3, 0.4) is 0 Å². The molecule has 1 heterocycles. The Morgan fingerprint density at radius 2 is 1.91 bits per heavy atom. The third-order valence-corrected chi connectivity index (χ3v) is 3.02. The quantitative estimate of drug-likeness (QED) is 0.874. The van der Waals surface area contributed by atoms with Crippen molar-refractivity contribution in [1.29, 1.82) is 0 Å². The number of anilines is 1. The average Bonchev–Trinajstić information content (AvgIpc) is 2.50. The van der Waals surface area contributed by atoms with Crippen LogP contribution in [0.15, 0.2) is 47.4 Å². The second-order valence-corrected chi connectivity index (χ2v) is 4.59. The zero-order chi connectivity index (χ0) is 16.1. The van der Waals surface area contributed by atoms with Gasteiger partial charge in [-0.15, -0.1) is 0 Å².